The highest BCUT2D eigenvalue weighted by molar-refractivity contribution is 8.00. The van der Waals surface area contributed by atoms with Gasteiger partial charge in [-0.15, -0.1) is 11.8 Å². The standard InChI is InChI=1S/C30H27N3O4S/c1-20(2)21-11-13-24(14-12-21)32-30(35)28(22-7-4-3-5-8-22)38-27-17-15-25(16-18-27)31-29(34)23-9-6-10-26(19-23)33(36)37/h3-20,28H,1-2H3,(H,31,34)(H,32,35). The van der Waals surface area contributed by atoms with Gasteiger partial charge in [-0.3, -0.25) is 19.7 Å². The van der Waals surface area contributed by atoms with E-state index in [1.165, 1.54) is 41.6 Å². The molecule has 8 heteroatoms. The zero-order valence-electron chi connectivity index (χ0n) is 21.0. The molecule has 4 aromatic rings. The van der Waals surface area contributed by atoms with E-state index in [0.29, 0.717) is 11.6 Å². The topological polar surface area (TPSA) is 101 Å². The predicted octanol–water partition coefficient (Wildman–Crippen LogP) is 7.44. The summed E-state index contributed by atoms with van der Waals surface area (Å²) >= 11 is 1.41. The lowest BCUT2D eigenvalue weighted by Crippen LogP contribution is -2.19. The van der Waals surface area contributed by atoms with Gasteiger partial charge < -0.3 is 10.6 Å². The van der Waals surface area contributed by atoms with Crippen molar-refractivity contribution in [3.63, 3.8) is 0 Å². The quantitative estimate of drug-likeness (QED) is 0.134. The van der Waals surface area contributed by atoms with Crippen LogP contribution in [-0.2, 0) is 4.79 Å². The molecule has 2 N–H and O–H groups in total. The number of carbonyl (C=O) groups excluding carboxylic acids is 2. The van der Waals surface area contributed by atoms with E-state index in [1.54, 1.807) is 12.1 Å². The van der Waals surface area contributed by atoms with E-state index < -0.39 is 16.1 Å². The number of rotatable bonds is 9. The lowest BCUT2D eigenvalue weighted by Gasteiger charge is -2.18. The van der Waals surface area contributed by atoms with Gasteiger partial charge in [0.1, 0.15) is 5.25 Å². The van der Waals surface area contributed by atoms with Crippen molar-refractivity contribution >= 4 is 40.6 Å². The van der Waals surface area contributed by atoms with Gasteiger partial charge in [-0.2, -0.15) is 0 Å². The van der Waals surface area contributed by atoms with Gasteiger partial charge in [0.2, 0.25) is 5.91 Å². The maximum absolute atomic E-state index is 13.3. The Balaban J connectivity index is 1.47. The van der Waals surface area contributed by atoms with Gasteiger partial charge in [0.25, 0.3) is 11.6 Å². The first-order valence-electron chi connectivity index (χ1n) is 12.1. The minimum absolute atomic E-state index is 0.137. The van der Waals surface area contributed by atoms with Crippen molar-refractivity contribution in [1.29, 1.82) is 0 Å². The van der Waals surface area contributed by atoms with E-state index >= 15 is 0 Å². The summed E-state index contributed by atoms with van der Waals surface area (Å²) in [6, 6.07) is 30.1. The van der Waals surface area contributed by atoms with Crippen LogP contribution in [0.1, 0.15) is 46.5 Å². The Morgan fingerprint density at radius 2 is 1.39 bits per heavy atom. The maximum Gasteiger partial charge on any atom is 0.270 e. The molecular weight excluding hydrogens is 498 g/mol. The number of benzene rings is 4. The molecule has 0 spiro atoms. The highest BCUT2D eigenvalue weighted by Gasteiger charge is 2.22. The van der Waals surface area contributed by atoms with E-state index in [2.05, 4.69) is 24.5 Å². The SMILES string of the molecule is CC(C)c1ccc(NC(=O)C(Sc2ccc(NC(=O)c3cccc([N+](=O)[O-])c3)cc2)c2ccccc2)cc1. The average molecular weight is 526 g/mol. The number of nitro benzene ring substituents is 1. The van der Waals surface area contributed by atoms with Crippen LogP contribution < -0.4 is 10.6 Å². The number of amides is 2. The second-order valence-corrected chi connectivity index (χ2v) is 10.1. The van der Waals surface area contributed by atoms with Crippen molar-refractivity contribution in [1.82, 2.24) is 0 Å². The smallest absolute Gasteiger partial charge is 0.270 e. The summed E-state index contributed by atoms with van der Waals surface area (Å²) in [5, 5.41) is 16.3. The van der Waals surface area contributed by atoms with Crippen LogP contribution in [0.3, 0.4) is 0 Å². The molecule has 0 aliphatic carbocycles. The molecule has 38 heavy (non-hydrogen) atoms. The summed E-state index contributed by atoms with van der Waals surface area (Å²) in [5.74, 6) is -0.174. The minimum Gasteiger partial charge on any atom is -0.325 e. The number of nitrogens with zero attached hydrogens (tertiary/aromatic N) is 1. The van der Waals surface area contributed by atoms with Gasteiger partial charge in [0.05, 0.1) is 4.92 Å². The lowest BCUT2D eigenvalue weighted by atomic mass is 10.0. The first-order chi connectivity index (χ1) is 18.3. The highest BCUT2D eigenvalue weighted by atomic mass is 32.2. The fraction of sp³-hybridized carbons (Fsp3) is 0.133. The molecule has 192 valence electrons. The van der Waals surface area contributed by atoms with Gasteiger partial charge in [-0.1, -0.05) is 62.4 Å². The van der Waals surface area contributed by atoms with E-state index in [-0.39, 0.29) is 17.2 Å². The van der Waals surface area contributed by atoms with Crippen LogP contribution in [0.25, 0.3) is 0 Å². The molecule has 0 fully saturated rings. The third-order valence-electron chi connectivity index (χ3n) is 5.87. The van der Waals surface area contributed by atoms with Gasteiger partial charge in [-0.25, -0.2) is 0 Å². The van der Waals surface area contributed by atoms with Crippen LogP contribution in [0.2, 0.25) is 0 Å². The van der Waals surface area contributed by atoms with E-state index in [9.17, 15) is 19.7 Å². The fourth-order valence-electron chi connectivity index (χ4n) is 3.78. The molecule has 4 rings (SSSR count). The zero-order chi connectivity index (χ0) is 27.1. The summed E-state index contributed by atoms with van der Waals surface area (Å²) in [6.07, 6.45) is 0. The molecule has 0 aromatic heterocycles. The summed E-state index contributed by atoms with van der Waals surface area (Å²) in [5.41, 5.74) is 3.40. The molecular formula is C30H27N3O4S. The molecule has 0 saturated heterocycles. The highest BCUT2D eigenvalue weighted by Crippen LogP contribution is 2.37. The number of thioether (sulfide) groups is 1. The van der Waals surface area contributed by atoms with E-state index in [4.69, 9.17) is 0 Å². The largest absolute Gasteiger partial charge is 0.325 e. The molecule has 0 bridgehead atoms. The molecule has 7 nitrogen and oxygen atoms in total. The molecule has 1 unspecified atom stereocenters. The second kappa shape index (κ2) is 12.2. The Morgan fingerprint density at radius 1 is 0.763 bits per heavy atom. The summed E-state index contributed by atoms with van der Waals surface area (Å²) in [6.45, 7) is 4.25. The van der Waals surface area contributed by atoms with Gasteiger partial charge in [-0.05, 0) is 59.5 Å². The average Bonchev–Trinajstić information content (AvgIpc) is 2.93. The van der Waals surface area contributed by atoms with Crippen molar-refractivity contribution < 1.29 is 14.5 Å². The van der Waals surface area contributed by atoms with Crippen molar-refractivity contribution in [3.05, 3.63) is 130 Å². The lowest BCUT2D eigenvalue weighted by molar-refractivity contribution is -0.384. The summed E-state index contributed by atoms with van der Waals surface area (Å²) in [7, 11) is 0. The Labute approximate surface area is 225 Å². The first-order valence-corrected chi connectivity index (χ1v) is 13.0. The van der Waals surface area contributed by atoms with Crippen LogP contribution in [0.4, 0.5) is 17.1 Å². The van der Waals surface area contributed by atoms with Crippen molar-refractivity contribution in [2.75, 3.05) is 10.6 Å². The number of carbonyl (C=O) groups is 2. The van der Waals surface area contributed by atoms with Crippen LogP contribution in [0.15, 0.2) is 108 Å². The second-order valence-electron chi connectivity index (χ2n) is 8.96. The molecule has 0 aliphatic rings. The number of nitrogens with one attached hydrogen (secondary N) is 2. The minimum atomic E-state index is -0.539. The summed E-state index contributed by atoms with van der Waals surface area (Å²) in [4.78, 5) is 37.2. The Morgan fingerprint density at radius 3 is 2.03 bits per heavy atom. The number of non-ortho nitro benzene ring substituents is 1. The predicted molar refractivity (Wildman–Crippen MR) is 152 cm³/mol. The van der Waals surface area contributed by atoms with Crippen molar-refractivity contribution in [2.45, 2.75) is 29.9 Å². The van der Waals surface area contributed by atoms with Crippen molar-refractivity contribution in [2.24, 2.45) is 0 Å². The van der Waals surface area contributed by atoms with Crippen LogP contribution in [0.5, 0.6) is 0 Å². The van der Waals surface area contributed by atoms with E-state index in [0.717, 1.165) is 16.1 Å². The van der Waals surface area contributed by atoms with Crippen molar-refractivity contribution in [3.8, 4) is 0 Å². The number of anilines is 2. The molecule has 2 amide bonds. The number of hydrogen-bond acceptors (Lipinski definition) is 5. The third kappa shape index (κ3) is 6.86. The van der Waals surface area contributed by atoms with E-state index in [1.807, 2.05) is 66.7 Å². The molecule has 0 radical (unpaired) electrons. The number of hydrogen-bond donors (Lipinski definition) is 2. The van der Waals surface area contributed by atoms with Gasteiger partial charge in [0.15, 0.2) is 0 Å². The molecule has 1 atom stereocenters. The zero-order valence-corrected chi connectivity index (χ0v) is 21.8. The fourth-order valence-corrected chi connectivity index (χ4v) is 4.80. The molecule has 0 saturated carbocycles. The third-order valence-corrected chi connectivity index (χ3v) is 7.14. The molecule has 0 aliphatic heterocycles. The summed E-state index contributed by atoms with van der Waals surface area (Å²) < 4.78 is 0. The molecule has 4 aromatic carbocycles. The van der Waals surface area contributed by atoms with Gasteiger partial charge in [0, 0.05) is 34.0 Å². The maximum atomic E-state index is 13.3. The van der Waals surface area contributed by atoms with Crippen LogP contribution in [-0.4, -0.2) is 16.7 Å². The number of nitro groups is 1. The van der Waals surface area contributed by atoms with Crippen LogP contribution >= 0.6 is 11.8 Å². The monoisotopic (exact) mass is 525 g/mol. The van der Waals surface area contributed by atoms with Gasteiger partial charge >= 0.3 is 0 Å². The Kier molecular flexibility index (Phi) is 8.55. The molecule has 0 heterocycles. The Bertz CT molecular complexity index is 1420. The first kappa shape index (κ1) is 26.6. The van der Waals surface area contributed by atoms with Crippen LogP contribution in [0, 0.1) is 10.1 Å². The Hall–Kier alpha value is -4.43. The normalized spacial score (nSPS) is 11.6.